The third-order valence-corrected chi connectivity index (χ3v) is 2.60. The second-order valence-corrected chi connectivity index (χ2v) is 4.26. The molecule has 0 bridgehead atoms. The first-order valence-corrected chi connectivity index (χ1v) is 5.86. The molecule has 0 amide bonds. The molecule has 0 aliphatic heterocycles. The van der Waals surface area contributed by atoms with Crippen molar-refractivity contribution < 1.29 is 9.53 Å². The molecule has 0 heterocycles. The number of rotatable bonds is 2. The molecule has 1 aromatic carbocycles. The zero-order valence-electron chi connectivity index (χ0n) is 9.61. The lowest BCUT2D eigenvalue weighted by Crippen LogP contribution is -1.89. The van der Waals surface area contributed by atoms with E-state index >= 15 is 0 Å². The molecule has 86 valence electrons. The van der Waals surface area contributed by atoms with Crippen molar-refractivity contribution in [1.29, 1.82) is 5.26 Å². The Morgan fingerprint density at radius 3 is 2.88 bits per heavy atom. The van der Waals surface area contributed by atoms with E-state index in [1.807, 2.05) is 6.07 Å². The molecular weight excluding hydrogens is 234 g/mol. The molecule has 0 aliphatic rings. The van der Waals surface area contributed by atoms with Crippen molar-refractivity contribution in [2.45, 2.75) is 6.92 Å². The number of ether oxygens (including phenoxy) is 1. The first kappa shape index (κ1) is 13.2. The number of benzene rings is 1. The van der Waals surface area contributed by atoms with E-state index in [-0.39, 0.29) is 5.12 Å². The van der Waals surface area contributed by atoms with Crippen molar-refractivity contribution in [3.8, 4) is 23.7 Å². The Bertz CT molecular complexity index is 520. The van der Waals surface area contributed by atoms with Gasteiger partial charge in [0.15, 0.2) is 5.12 Å². The minimum absolute atomic E-state index is 0.0525. The third kappa shape index (κ3) is 4.22. The summed E-state index contributed by atoms with van der Waals surface area (Å²) < 4.78 is 5.07. The van der Waals surface area contributed by atoms with Gasteiger partial charge >= 0.3 is 0 Å². The number of carbonyl (C=O) groups excluding carboxylic acids is 1. The van der Waals surface area contributed by atoms with Crippen LogP contribution in [0.15, 0.2) is 18.2 Å². The van der Waals surface area contributed by atoms with Crippen LogP contribution < -0.4 is 4.74 Å². The van der Waals surface area contributed by atoms with Crippen LogP contribution >= 0.6 is 11.8 Å². The highest BCUT2D eigenvalue weighted by molar-refractivity contribution is 8.13. The molecule has 4 heteroatoms. The van der Waals surface area contributed by atoms with Crippen molar-refractivity contribution in [3.05, 3.63) is 29.3 Å². The molecule has 0 unspecified atom stereocenters. The molecule has 17 heavy (non-hydrogen) atoms. The number of hydrogen-bond donors (Lipinski definition) is 0. The summed E-state index contributed by atoms with van der Waals surface area (Å²) in [6, 6.07) is 7.17. The van der Waals surface area contributed by atoms with Gasteiger partial charge in [-0.1, -0.05) is 23.6 Å². The third-order valence-electron chi connectivity index (χ3n) is 1.90. The van der Waals surface area contributed by atoms with E-state index in [1.54, 1.807) is 18.2 Å². The fourth-order valence-electron chi connectivity index (χ4n) is 1.14. The molecule has 0 spiro atoms. The molecule has 0 aromatic heterocycles. The van der Waals surface area contributed by atoms with Crippen molar-refractivity contribution in [2.24, 2.45) is 0 Å². The SMILES string of the molecule is COc1cc(C#CCSC(C)=O)ccc1C#N. The minimum Gasteiger partial charge on any atom is -0.495 e. The van der Waals surface area contributed by atoms with E-state index in [0.29, 0.717) is 17.1 Å². The maximum atomic E-state index is 10.7. The average molecular weight is 245 g/mol. The summed E-state index contributed by atoms with van der Waals surface area (Å²) in [4.78, 5) is 10.7. The number of carbonyl (C=O) groups is 1. The Labute approximate surface area is 105 Å². The van der Waals surface area contributed by atoms with Gasteiger partial charge in [-0.05, 0) is 18.2 Å². The smallest absolute Gasteiger partial charge is 0.186 e. The summed E-state index contributed by atoms with van der Waals surface area (Å²) >= 11 is 1.17. The van der Waals surface area contributed by atoms with Gasteiger partial charge in [0.2, 0.25) is 0 Å². The Morgan fingerprint density at radius 1 is 1.53 bits per heavy atom. The zero-order chi connectivity index (χ0) is 12.7. The summed E-state index contributed by atoms with van der Waals surface area (Å²) in [5.41, 5.74) is 1.25. The van der Waals surface area contributed by atoms with E-state index in [4.69, 9.17) is 10.00 Å². The number of hydrogen-bond acceptors (Lipinski definition) is 4. The molecular formula is C13H11NO2S. The van der Waals surface area contributed by atoms with Crippen LogP contribution in [-0.4, -0.2) is 18.0 Å². The second kappa shape index (κ2) is 6.62. The summed E-state index contributed by atoms with van der Waals surface area (Å²) in [5.74, 6) is 6.77. The maximum Gasteiger partial charge on any atom is 0.186 e. The van der Waals surface area contributed by atoms with Crippen molar-refractivity contribution in [3.63, 3.8) is 0 Å². The van der Waals surface area contributed by atoms with Gasteiger partial charge in [0.25, 0.3) is 0 Å². The molecule has 0 saturated heterocycles. The first-order valence-electron chi connectivity index (χ1n) is 4.87. The van der Waals surface area contributed by atoms with E-state index in [2.05, 4.69) is 11.8 Å². The van der Waals surface area contributed by atoms with Crippen LogP contribution in [0.25, 0.3) is 0 Å². The lowest BCUT2D eigenvalue weighted by molar-refractivity contribution is -0.109. The molecule has 1 rings (SSSR count). The summed E-state index contributed by atoms with van der Waals surface area (Å²) in [5, 5.41) is 8.86. The standard InChI is InChI=1S/C13H11NO2S/c1-10(15)17-7-3-4-11-5-6-12(9-14)13(8-11)16-2/h5-6,8H,7H2,1-2H3. The van der Waals surface area contributed by atoms with Crippen LogP contribution in [0.5, 0.6) is 5.75 Å². The number of thioether (sulfide) groups is 1. The van der Waals surface area contributed by atoms with Crippen molar-refractivity contribution >= 4 is 16.9 Å². The van der Waals surface area contributed by atoms with Gasteiger partial charge in [0.05, 0.1) is 18.4 Å². The van der Waals surface area contributed by atoms with Gasteiger partial charge in [0, 0.05) is 12.5 Å². The van der Waals surface area contributed by atoms with Gasteiger partial charge in [-0.15, -0.1) is 0 Å². The van der Waals surface area contributed by atoms with E-state index in [0.717, 1.165) is 5.56 Å². The van der Waals surface area contributed by atoms with Crippen molar-refractivity contribution in [1.82, 2.24) is 0 Å². The molecule has 0 N–H and O–H groups in total. The van der Waals surface area contributed by atoms with Crippen LogP contribution in [-0.2, 0) is 4.79 Å². The zero-order valence-corrected chi connectivity index (χ0v) is 10.4. The topological polar surface area (TPSA) is 50.1 Å². The fourth-order valence-corrected chi connectivity index (χ4v) is 1.48. The molecule has 0 fully saturated rings. The molecule has 0 atom stereocenters. The Balaban J connectivity index is 2.79. The van der Waals surface area contributed by atoms with Crippen LogP contribution in [0.2, 0.25) is 0 Å². The van der Waals surface area contributed by atoms with Crippen LogP contribution in [0.4, 0.5) is 0 Å². The van der Waals surface area contributed by atoms with E-state index in [1.165, 1.54) is 25.8 Å². The highest BCUT2D eigenvalue weighted by Crippen LogP contribution is 2.18. The molecule has 0 radical (unpaired) electrons. The maximum absolute atomic E-state index is 10.7. The molecule has 0 aliphatic carbocycles. The highest BCUT2D eigenvalue weighted by Gasteiger charge is 2.01. The predicted molar refractivity (Wildman–Crippen MR) is 67.7 cm³/mol. The minimum atomic E-state index is 0.0525. The number of methoxy groups -OCH3 is 1. The Morgan fingerprint density at radius 2 is 2.29 bits per heavy atom. The average Bonchev–Trinajstić information content (AvgIpc) is 2.34. The fraction of sp³-hybridized carbons (Fsp3) is 0.231. The Hall–Kier alpha value is -1.91. The summed E-state index contributed by atoms with van der Waals surface area (Å²) in [7, 11) is 1.51. The number of nitriles is 1. The van der Waals surface area contributed by atoms with Gasteiger partial charge in [-0.3, -0.25) is 4.79 Å². The molecule has 1 aromatic rings. The molecule has 0 saturated carbocycles. The molecule has 3 nitrogen and oxygen atoms in total. The lowest BCUT2D eigenvalue weighted by atomic mass is 10.1. The van der Waals surface area contributed by atoms with Gasteiger partial charge < -0.3 is 4.74 Å². The largest absolute Gasteiger partial charge is 0.495 e. The summed E-state index contributed by atoms with van der Waals surface area (Å²) in [6.45, 7) is 1.51. The van der Waals surface area contributed by atoms with Gasteiger partial charge in [-0.2, -0.15) is 5.26 Å². The van der Waals surface area contributed by atoms with Gasteiger partial charge in [0.1, 0.15) is 11.8 Å². The lowest BCUT2D eigenvalue weighted by Gasteiger charge is -2.01. The monoisotopic (exact) mass is 245 g/mol. The quantitative estimate of drug-likeness (QED) is 0.749. The normalized spacial score (nSPS) is 8.76. The van der Waals surface area contributed by atoms with Crippen LogP contribution in [0.1, 0.15) is 18.1 Å². The van der Waals surface area contributed by atoms with E-state index in [9.17, 15) is 4.79 Å². The van der Waals surface area contributed by atoms with E-state index < -0.39 is 0 Å². The Kier molecular flexibility index (Phi) is 5.13. The second-order valence-electron chi connectivity index (χ2n) is 3.11. The van der Waals surface area contributed by atoms with Crippen molar-refractivity contribution in [2.75, 3.05) is 12.9 Å². The highest BCUT2D eigenvalue weighted by atomic mass is 32.2. The van der Waals surface area contributed by atoms with Crippen LogP contribution in [0.3, 0.4) is 0 Å². The summed E-state index contributed by atoms with van der Waals surface area (Å²) in [6.07, 6.45) is 0. The first-order chi connectivity index (χ1) is 8.17. The number of nitrogens with zero attached hydrogens (tertiary/aromatic N) is 1. The van der Waals surface area contributed by atoms with Gasteiger partial charge in [-0.25, -0.2) is 0 Å². The predicted octanol–water partition coefficient (Wildman–Crippen LogP) is 2.20. The van der Waals surface area contributed by atoms with Crippen LogP contribution in [0, 0.1) is 23.2 Å².